The summed E-state index contributed by atoms with van der Waals surface area (Å²) in [4.78, 5) is 15.5. The molecule has 204 valence electrons. The summed E-state index contributed by atoms with van der Waals surface area (Å²) in [6.07, 6.45) is 0. The van der Waals surface area contributed by atoms with Crippen LogP contribution in [0.25, 0.3) is 49.6 Å². The van der Waals surface area contributed by atoms with Crippen molar-refractivity contribution in [3.63, 3.8) is 0 Å². The topological polar surface area (TPSA) is 38.4 Å². The van der Waals surface area contributed by atoms with Crippen molar-refractivity contribution in [3.8, 4) is 16.8 Å². The zero-order valence-corrected chi connectivity index (χ0v) is 23.2. The number of fused-ring (bicyclic) bond motifs is 4. The van der Waals surface area contributed by atoms with Gasteiger partial charge in [-0.3, -0.25) is 0 Å². The lowest BCUT2D eigenvalue weighted by atomic mass is 10.0. The molecule has 0 saturated heterocycles. The van der Waals surface area contributed by atoms with Gasteiger partial charge in [-0.05, 0) is 72.3 Å². The van der Waals surface area contributed by atoms with Crippen LogP contribution in [0.2, 0.25) is 0 Å². The minimum absolute atomic E-state index is 0.359. The highest BCUT2D eigenvalue weighted by molar-refractivity contribution is 6.09. The van der Waals surface area contributed by atoms with Crippen molar-refractivity contribution in [2.24, 2.45) is 0 Å². The van der Waals surface area contributed by atoms with Crippen LogP contribution in [0.5, 0.6) is 0 Å². The maximum absolute atomic E-state index is 13.3. The summed E-state index contributed by atoms with van der Waals surface area (Å²) < 4.78 is 8.17. The third-order valence-corrected chi connectivity index (χ3v) is 8.02. The molecule has 0 unspecified atom stereocenters. The molecule has 0 spiro atoms. The van der Waals surface area contributed by atoms with E-state index in [1.165, 1.54) is 10.8 Å². The molecule has 0 fully saturated rings. The van der Waals surface area contributed by atoms with Gasteiger partial charge in [0.15, 0.2) is 0 Å². The van der Waals surface area contributed by atoms with Crippen molar-refractivity contribution in [2.75, 3.05) is 4.90 Å². The first-order valence-corrected chi connectivity index (χ1v) is 14.3. The first-order valence-electron chi connectivity index (χ1n) is 14.3. The second kappa shape index (κ2) is 10.2. The standard InChI is InChI=1S/C39H26N2O2/c42-39-35(27-19-22-31(23-20-27)40(29-11-3-1-4-12-29)30-13-5-2-6-14-30)25-28-21-24-32(26-38(28)43-39)41-36-17-9-7-15-33(36)34-16-8-10-18-37(34)41/h1-26H. The summed E-state index contributed by atoms with van der Waals surface area (Å²) >= 11 is 0. The molecule has 8 aromatic rings. The van der Waals surface area contributed by atoms with Gasteiger partial charge in [0.25, 0.3) is 0 Å². The van der Waals surface area contributed by atoms with Crippen LogP contribution in [0, 0.1) is 0 Å². The Morgan fingerprint density at radius 2 is 1.05 bits per heavy atom. The summed E-state index contributed by atoms with van der Waals surface area (Å²) in [6.45, 7) is 0. The minimum atomic E-state index is -0.359. The lowest BCUT2D eigenvalue weighted by molar-refractivity contribution is 0.563. The van der Waals surface area contributed by atoms with Gasteiger partial charge in [-0.2, -0.15) is 0 Å². The van der Waals surface area contributed by atoms with Gasteiger partial charge in [-0.15, -0.1) is 0 Å². The molecule has 8 rings (SSSR count). The monoisotopic (exact) mass is 554 g/mol. The number of hydrogen-bond acceptors (Lipinski definition) is 3. The molecule has 4 heteroatoms. The molecule has 0 aliphatic rings. The van der Waals surface area contributed by atoms with E-state index in [0.29, 0.717) is 11.1 Å². The summed E-state index contributed by atoms with van der Waals surface area (Å²) in [5.74, 6) is 0. The van der Waals surface area contributed by atoms with Crippen LogP contribution in [0.15, 0.2) is 167 Å². The van der Waals surface area contributed by atoms with Crippen LogP contribution in [0.4, 0.5) is 17.1 Å². The highest BCUT2D eigenvalue weighted by atomic mass is 16.4. The Hall–Kier alpha value is -5.87. The molecule has 0 aliphatic carbocycles. The fraction of sp³-hybridized carbons (Fsp3) is 0. The molecular weight excluding hydrogens is 528 g/mol. The Kier molecular flexibility index (Phi) is 5.90. The average Bonchev–Trinajstić information content (AvgIpc) is 3.40. The van der Waals surface area contributed by atoms with Crippen molar-refractivity contribution in [1.29, 1.82) is 0 Å². The fourth-order valence-corrected chi connectivity index (χ4v) is 6.03. The molecule has 2 heterocycles. The average molecular weight is 555 g/mol. The predicted molar refractivity (Wildman–Crippen MR) is 177 cm³/mol. The predicted octanol–water partition coefficient (Wildman–Crippen LogP) is 10.0. The molecule has 0 aliphatic heterocycles. The van der Waals surface area contributed by atoms with Crippen molar-refractivity contribution in [1.82, 2.24) is 4.57 Å². The van der Waals surface area contributed by atoms with E-state index in [4.69, 9.17) is 4.42 Å². The number of para-hydroxylation sites is 4. The van der Waals surface area contributed by atoms with E-state index in [0.717, 1.165) is 44.7 Å². The van der Waals surface area contributed by atoms with Crippen LogP contribution >= 0.6 is 0 Å². The molecule has 0 saturated carbocycles. The molecule has 43 heavy (non-hydrogen) atoms. The number of nitrogens with zero attached hydrogens (tertiary/aromatic N) is 2. The van der Waals surface area contributed by atoms with Crippen LogP contribution in [-0.4, -0.2) is 4.57 Å². The van der Waals surface area contributed by atoms with Gasteiger partial charge >= 0.3 is 5.63 Å². The van der Waals surface area contributed by atoms with Crippen LogP contribution in [0.3, 0.4) is 0 Å². The van der Waals surface area contributed by atoms with Gasteiger partial charge in [-0.25, -0.2) is 4.79 Å². The number of aromatic nitrogens is 1. The first kappa shape index (κ1) is 24.9. The normalized spacial score (nSPS) is 11.3. The maximum Gasteiger partial charge on any atom is 0.344 e. The molecular formula is C39H26N2O2. The second-order valence-corrected chi connectivity index (χ2v) is 10.6. The Labute approximate surface area is 248 Å². The van der Waals surface area contributed by atoms with Crippen molar-refractivity contribution in [2.45, 2.75) is 0 Å². The van der Waals surface area contributed by atoms with E-state index in [1.807, 2.05) is 78.9 Å². The van der Waals surface area contributed by atoms with E-state index < -0.39 is 0 Å². The highest BCUT2D eigenvalue weighted by Gasteiger charge is 2.15. The Balaban J connectivity index is 1.19. The van der Waals surface area contributed by atoms with Gasteiger partial charge in [0, 0.05) is 45.0 Å². The summed E-state index contributed by atoms with van der Waals surface area (Å²) in [5.41, 5.74) is 7.85. The summed E-state index contributed by atoms with van der Waals surface area (Å²) in [7, 11) is 0. The van der Waals surface area contributed by atoms with Gasteiger partial charge < -0.3 is 13.9 Å². The maximum atomic E-state index is 13.3. The third-order valence-electron chi connectivity index (χ3n) is 8.02. The molecule has 0 N–H and O–H groups in total. The highest BCUT2D eigenvalue weighted by Crippen LogP contribution is 2.36. The fourth-order valence-electron chi connectivity index (χ4n) is 6.03. The number of rotatable bonds is 5. The Morgan fingerprint density at radius 3 is 1.65 bits per heavy atom. The molecule has 6 aromatic carbocycles. The molecule has 0 atom stereocenters. The molecule has 0 amide bonds. The van der Waals surface area contributed by atoms with E-state index in [1.54, 1.807) is 0 Å². The summed E-state index contributed by atoms with van der Waals surface area (Å²) in [5, 5.41) is 3.26. The molecule has 4 nitrogen and oxygen atoms in total. The minimum Gasteiger partial charge on any atom is -0.422 e. The van der Waals surface area contributed by atoms with Gasteiger partial charge in [0.1, 0.15) is 5.58 Å². The zero-order chi connectivity index (χ0) is 28.8. The zero-order valence-electron chi connectivity index (χ0n) is 23.2. The largest absolute Gasteiger partial charge is 0.422 e. The lowest BCUT2D eigenvalue weighted by Crippen LogP contribution is -2.09. The van der Waals surface area contributed by atoms with Crippen molar-refractivity contribution < 1.29 is 4.42 Å². The lowest BCUT2D eigenvalue weighted by Gasteiger charge is -2.25. The van der Waals surface area contributed by atoms with Crippen LogP contribution in [0.1, 0.15) is 0 Å². The summed E-state index contributed by atoms with van der Waals surface area (Å²) in [6, 6.07) is 53.4. The molecule has 0 bridgehead atoms. The Morgan fingerprint density at radius 1 is 0.512 bits per heavy atom. The third kappa shape index (κ3) is 4.28. The van der Waals surface area contributed by atoms with E-state index in [-0.39, 0.29) is 5.63 Å². The Bertz CT molecular complexity index is 2210. The van der Waals surface area contributed by atoms with E-state index in [9.17, 15) is 4.79 Å². The smallest absolute Gasteiger partial charge is 0.344 e. The van der Waals surface area contributed by atoms with E-state index >= 15 is 0 Å². The molecule has 0 radical (unpaired) electrons. The molecule has 2 aromatic heterocycles. The second-order valence-electron chi connectivity index (χ2n) is 10.6. The van der Waals surface area contributed by atoms with Gasteiger partial charge in [-0.1, -0.05) is 84.9 Å². The SMILES string of the molecule is O=c1oc2cc(-n3c4ccccc4c4ccccc43)ccc2cc1-c1ccc(N(c2ccccc2)c2ccccc2)cc1. The number of benzene rings is 6. The van der Waals surface area contributed by atoms with Gasteiger partial charge in [0.05, 0.1) is 16.6 Å². The van der Waals surface area contributed by atoms with Crippen molar-refractivity contribution in [3.05, 3.63) is 168 Å². The number of hydrogen-bond donors (Lipinski definition) is 0. The van der Waals surface area contributed by atoms with E-state index in [2.05, 4.69) is 88.3 Å². The van der Waals surface area contributed by atoms with Crippen LogP contribution < -0.4 is 10.5 Å². The first-order chi connectivity index (χ1) is 21.2. The van der Waals surface area contributed by atoms with Crippen molar-refractivity contribution >= 4 is 49.8 Å². The quantitative estimate of drug-likeness (QED) is 0.199. The van der Waals surface area contributed by atoms with Gasteiger partial charge in [0.2, 0.25) is 0 Å². The number of anilines is 3. The van der Waals surface area contributed by atoms with Crippen LogP contribution in [-0.2, 0) is 0 Å².